The molecule has 35 heavy (non-hydrogen) atoms. The van der Waals surface area contributed by atoms with Crippen molar-refractivity contribution < 1.29 is 18.0 Å². The summed E-state index contributed by atoms with van der Waals surface area (Å²) < 4.78 is 40.9. The maximum absolute atomic E-state index is 13.6. The van der Waals surface area contributed by atoms with Gasteiger partial charge in [0.15, 0.2) is 11.5 Å². The second-order valence-electron chi connectivity index (χ2n) is 8.51. The SMILES string of the molecule is CC1CN(c2sc(C(F)(F)F)nc2-c2nc3cncnc3[nH]2)CCN1C(C)(C=O)c1cccnc1. The number of hydrogen-bond acceptors (Lipinski definition) is 9. The number of rotatable bonds is 5. The molecular formula is C22H21F3N8OS. The number of carbonyl (C=O) groups excluding carboxylic acids is 1. The van der Waals surface area contributed by atoms with Crippen molar-refractivity contribution in [2.75, 3.05) is 24.5 Å². The fourth-order valence-electron chi connectivity index (χ4n) is 4.47. The number of nitrogens with zero attached hydrogens (tertiary/aromatic N) is 7. The molecule has 1 N–H and O–H groups in total. The molecule has 2 unspecified atom stereocenters. The molecule has 0 saturated carbocycles. The van der Waals surface area contributed by atoms with E-state index in [-0.39, 0.29) is 17.6 Å². The number of H-pyrrole nitrogens is 1. The fraction of sp³-hybridized carbons (Fsp3) is 0.364. The normalized spacial score (nSPS) is 19.1. The lowest BCUT2D eigenvalue weighted by atomic mass is 9.90. The monoisotopic (exact) mass is 502 g/mol. The number of aldehydes is 1. The maximum Gasteiger partial charge on any atom is 0.443 e. The van der Waals surface area contributed by atoms with Crippen LogP contribution in [0.15, 0.2) is 37.1 Å². The Hall–Kier alpha value is -3.45. The first-order valence-electron chi connectivity index (χ1n) is 10.8. The predicted octanol–water partition coefficient (Wildman–Crippen LogP) is 3.52. The van der Waals surface area contributed by atoms with Gasteiger partial charge < -0.3 is 14.7 Å². The highest BCUT2D eigenvalue weighted by Crippen LogP contribution is 2.43. The fourth-order valence-corrected chi connectivity index (χ4v) is 5.44. The number of piperazine rings is 1. The van der Waals surface area contributed by atoms with Crippen molar-refractivity contribution in [3.8, 4) is 11.5 Å². The lowest BCUT2D eigenvalue weighted by molar-refractivity contribution is -0.137. The molecule has 2 atom stereocenters. The van der Waals surface area contributed by atoms with E-state index in [1.165, 1.54) is 12.5 Å². The highest BCUT2D eigenvalue weighted by molar-refractivity contribution is 7.16. The van der Waals surface area contributed by atoms with Gasteiger partial charge in [-0.2, -0.15) is 13.2 Å². The summed E-state index contributed by atoms with van der Waals surface area (Å²) in [5.74, 6) is 0.199. The minimum atomic E-state index is -4.59. The summed E-state index contributed by atoms with van der Waals surface area (Å²) >= 11 is 0.586. The molecule has 1 fully saturated rings. The lowest BCUT2D eigenvalue weighted by Crippen LogP contribution is -2.59. The molecule has 13 heteroatoms. The van der Waals surface area contributed by atoms with Gasteiger partial charge in [-0.15, -0.1) is 0 Å². The molecule has 1 saturated heterocycles. The summed E-state index contributed by atoms with van der Waals surface area (Å²) in [5, 5.41) is -0.581. The van der Waals surface area contributed by atoms with Gasteiger partial charge in [0, 0.05) is 38.1 Å². The number of pyridine rings is 1. The molecule has 9 nitrogen and oxygen atoms in total. The van der Waals surface area contributed by atoms with Crippen molar-refractivity contribution in [2.24, 2.45) is 0 Å². The molecule has 5 heterocycles. The van der Waals surface area contributed by atoms with E-state index in [1.807, 2.05) is 24.8 Å². The van der Waals surface area contributed by atoms with E-state index in [2.05, 4.69) is 34.8 Å². The average molecular weight is 503 g/mol. The van der Waals surface area contributed by atoms with Crippen LogP contribution < -0.4 is 4.90 Å². The molecule has 0 amide bonds. The molecule has 1 aliphatic heterocycles. The molecule has 0 aromatic carbocycles. The van der Waals surface area contributed by atoms with Gasteiger partial charge in [-0.1, -0.05) is 17.4 Å². The van der Waals surface area contributed by atoms with Gasteiger partial charge in [0.05, 0.1) is 6.20 Å². The van der Waals surface area contributed by atoms with E-state index >= 15 is 0 Å². The van der Waals surface area contributed by atoms with E-state index in [0.29, 0.717) is 47.1 Å². The zero-order valence-corrected chi connectivity index (χ0v) is 19.6. The van der Waals surface area contributed by atoms with Crippen molar-refractivity contribution in [1.82, 2.24) is 34.8 Å². The molecule has 5 rings (SSSR count). The number of nitrogens with one attached hydrogen (secondary N) is 1. The molecule has 0 bridgehead atoms. The number of hydrogen-bond donors (Lipinski definition) is 1. The zero-order chi connectivity index (χ0) is 24.8. The second kappa shape index (κ2) is 8.64. The number of carbonyl (C=O) groups is 1. The molecule has 182 valence electrons. The second-order valence-corrected chi connectivity index (χ2v) is 9.49. The van der Waals surface area contributed by atoms with Crippen molar-refractivity contribution >= 4 is 33.8 Å². The number of thiazole rings is 1. The summed E-state index contributed by atoms with van der Waals surface area (Å²) in [6, 6.07) is 3.48. The smallest absolute Gasteiger partial charge is 0.359 e. The van der Waals surface area contributed by atoms with Crippen LogP contribution in [0.25, 0.3) is 22.7 Å². The third-order valence-electron chi connectivity index (χ3n) is 6.22. The highest BCUT2D eigenvalue weighted by atomic mass is 32.1. The molecule has 0 aliphatic carbocycles. The van der Waals surface area contributed by atoms with Crippen molar-refractivity contribution in [1.29, 1.82) is 0 Å². The van der Waals surface area contributed by atoms with E-state index in [4.69, 9.17) is 0 Å². The molecule has 0 radical (unpaired) electrons. The van der Waals surface area contributed by atoms with Gasteiger partial charge in [0.1, 0.15) is 34.4 Å². The van der Waals surface area contributed by atoms with Gasteiger partial charge in [0.2, 0.25) is 5.01 Å². The van der Waals surface area contributed by atoms with Gasteiger partial charge in [-0.05, 0) is 25.5 Å². The summed E-state index contributed by atoms with van der Waals surface area (Å²) in [4.78, 5) is 39.5. The minimum absolute atomic E-state index is 0.117. The Bertz CT molecular complexity index is 1320. The summed E-state index contributed by atoms with van der Waals surface area (Å²) in [6.07, 6.45) is 2.43. The highest BCUT2D eigenvalue weighted by Gasteiger charge is 2.42. The Morgan fingerprint density at radius 1 is 1.20 bits per heavy atom. The summed E-state index contributed by atoms with van der Waals surface area (Å²) in [6.45, 7) is 5.04. The number of anilines is 1. The Morgan fingerprint density at radius 3 is 2.69 bits per heavy atom. The maximum atomic E-state index is 13.6. The number of aromatic amines is 1. The third-order valence-corrected chi connectivity index (χ3v) is 7.39. The predicted molar refractivity (Wildman–Crippen MR) is 124 cm³/mol. The van der Waals surface area contributed by atoms with Crippen LogP contribution in [-0.2, 0) is 16.5 Å². The van der Waals surface area contributed by atoms with E-state index in [0.717, 1.165) is 11.8 Å². The third kappa shape index (κ3) is 4.14. The van der Waals surface area contributed by atoms with Crippen LogP contribution >= 0.6 is 11.3 Å². The summed E-state index contributed by atoms with van der Waals surface area (Å²) in [5.41, 5.74) is 0.818. The Morgan fingerprint density at radius 2 is 2.03 bits per heavy atom. The minimum Gasteiger partial charge on any atom is -0.359 e. The molecule has 4 aromatic heterocycles. The first-order chi connectivity index (χ1) is 16.7. The van der Waals surface area contributed by atoms with E-state index in [1.54, 1.807) is 18.5 Å². The molecular weight excluding hydrogens is 481 g/mol. The first kappa shape index (κ1) is 23.3. The van der Waals surface area contributed by atoms with Crippen LogP contribution in [0, 0.1) is 0 Å². The molecule has 4 aromatic rings. The number of fused-ring (bicyclic) bond motifs is 1. The standard InChI is InChI=1S/C22H21F3N8OS/c1-13-10-32(6-7-33(13)21(2,11-34)14-4-3-5-26-8-14)19-16(30-20(35-19)22(23,24)25)18-29-15-9-27-12-28-17(15)31-18/h3-5,8-9,11-13H,6-7,10H2,1-2H3,(H,27,28,29,31). The van der Waals surface area contributed by atoms with Gasteiger partial charge >= 0.3 is 6.18 Å². The number of aromatic nitrogens is 6. The first-order valence-corrected chi connectivity index (χ1v) is 11.6. The van der Waals surface area contributed by atoms with Crippen LogP contribution in [0.4, 0.5) is 18.2 Å². The lowest BCUT2D eigenvalue weighted by Gasteiger charge is -2.47. The largest absolute Gasteiger partial charge is 0.443 e. The van der Waals surface area contributed by atoms with Gasteiger partial charge in [0.25, 0.3) is 0 Å². The number of halogens is 3. The van der Waals surface area contributed by atoms with Crippen molar-refractivity contribution in [3.05, 3.63) is 47.6 Å². The van der Waals surface area contributed by atoms with Crippen LogP contribution in [0.3, 0.4) is 0 Å². The Kier molecular flexibility index (Phi) is 5.75. The average Bonchev–Trinajstić information content (AvgIpc) is 3.48. The number of alkyl halides is 3. The van der Waals surface area contributed by atoms with Crippen LogP contribution in [0.5, 0.6) is 0 Å². The Labute approximate surface area is 202 Å². The van der Waals surface area contributed by atoms with E-state index in [9.17, 15) is 18.0 Å². The Balaban J connectivity index is 1.49. The van der Waals surface area contributed by atoms with Crippen LogP contribution in [-0.4, -0.2) is 66.8 Å². The van der Waals surface area contributed by atoms with Crippen molar-refractivity contribution in [2.45, 2.75) is 31.6 Å². The topological polar surface area (TPSA) is 104 Å². The van der Waals surface area contributed by atoms with Crippen LogP contribution in [0.2, 0.25) is 0 Å². The van der Waals surface area contributed by atoms with Crippen LogP contribution in [0.1, 0.15) is 24.4 Å². The summed E-state index contributed by atoms with van der Waals surface area (Å²) in [7, 11) is 0. The van der Waals surface area contributed by atoms with Gasteiger partial charge in [-0.3, -0.25) is 9.88 Å². The van der Waals surface area contributed by atoms with Crippen molar-refractivity contribution in [3.63, 3.8) is 0 Å². The van der Waals surface area contributed by atoms with Gasteiger partial charge in [-0.25, -0.2) is 19.9 Å². The zero-order valence-electron chi connectivity index (χ0n) is 18.8. The van der Waals surface area contributed by atoms with E-state index < -0.39 is 16.7 Å². The quantitative estimate of drug-likeness (QED) is 0.414. The molecule has 0 spiro atoms. The number of imidazole rings is 1. The molecule has 1 aliphatic rings.